The van der Waals surface area contributed by atoms with E-state index in [0.29, 0.717) is 49.4 Å². The normalized spacial score (nSPS) is 23.8. The monoisotopic (exact) mass is 334 g/mol. The van der Waals surface area contributed by atoms with Gasteiger partial charge in [0, 0.05) is 32.1 Å². The van der Waals surface area contributed by atoms with Gasteiger partial charge < -0.3 is 14.5 Å². The van der Waals surface area contributed by atoms with Crippen LogP contribution in [0.4, 0.5) is 4.39 Å². The lowest BCUT2D eigenvalue weighted by atomic mass is 9.97. The summed E-state index contributed by atoms with van der Waals surface area (Å²) in [4.78, 5) is 28.2. The van der Waals surface area contributed by atoms with Crippen molar-refractivity contribution in [2.75, 3.05) is 26.2 Å². The van der Waals surface area contributed by atoms with E-state index in [1.807, 2.05) is 0 Å². The molecule has 0 saturated carbocycles. The van der Waals surface area contributed by atoms with Crippen molar-refractivity contribution >= 4 is 11.8 Å². The second-order valence-electron chi connectivity index (χ2n) is 6.65. The third-order valence-corrected chi connectivity index (χ3v) is 4.96. The Hall–Kier alpha value is -1.95. The minimum Gasteiger partial charge on any atom is -0.374 e. The number of carbonyl (C=O) groups is 2. The molecule has 2 unspecified atom stereocenters. The first kappa shape index (κ1) is 16.9. The average Bonchev–Trinajstić information content (AvgIpc) is 2.57. The molecule has 0 aliphatic carbocycles. The fourth-order valence-corrected chi connectivity index (χ4v) is 3.70. The number of ether oxygens (including phenoxy) is 1. The SMILES string of the molecule is CC(=O)N1CCOC2CCN(C(=O)c3cc(C)c(F)c(C)c3)CC21. The van der Waals surface area contributed by atoms with Gasteiger partial charge in [-0.05, 0) is 43.5 Å². The second-order valence-corrected chi connectivity index (χ2v) is 6.65. The highest BCUT2D eigenvalue weighted by Gasteiger charge is 2.39. The minimum absolute atomic E-state index is 0.0103. The molecule has 130 valence electrons. The van der Waals surface area contributed by atoms with Crippen LogP contribution in [0.2, 0.25) is 0 Å². The van der Waals surface area contributed by atoms with Crippen molar-refractivity contribution in [1.82, 2.24) is 9.80 Å². The third-order valence-electron chi connectivity index (χ3n) is 4.96. The number of nitrogens with zero attached hydrogens (tertiary/aromatic N) is 2. The lowest BCUT2D eigenvalue weighted by molar-refractivity contribution is -0.149. The topological polar surface area (TPSA) is 49.9 Å². The number of rotatable bonds is 1. The molecule has 0 bridgehead atoms. The summed E-state index contributed by atoms with van der Waals surface area (Å²) < 4.78 is 19.6. The van der Waals surface area contributed by atoms with Crippen LogP contribution >= 0.6 is 0 Å². The number of carbonyl (C=O) groups excluding carboxylic acids is 2. The summed E-state index contributed by atoms with van der Waals surface area (Å²) in [6.45, 7) is 7.03. The molecule has 2 fully saturated rings. The zero-order valence-corrected chi connectivity index (χ0v) is 14.3. The Morgan fingerprint density at radius 1 is 1.21 bits per heavy atom. The van der Waals surface area contributed by atoms with Crippen molar-refractivity contribution in [3.63, 3.8) is 0 Å². The van der Waals surface area contributed by atoms with Crippen LogP contribution in [-0.4, -0.2) is 60.0 Å². The van der Waals surface area contributed by atoms with Gasteiger partial charge in [-0.3, -0.25) is 9.59 Å². The Kier molecular flexibility index (Phi) is 4.58. The molecule has 1 aromatic rings. The fraction of sp³-hybridized carbons (Fsp3) is 0.556. The quantitative estimate of drug-likeness (QED) is 0.788. The molecule has 0 spiro atoms. The molecule has 2 aliphatic heterocycles. The fourth-order valence-electron chi connectivity index (χ4n) is 3.70. The van der Waals surface area contributed by atoms with Crippen LogP contribution in [-0.2, 0) is 9.53 Å². The van der Waals surface area contributed by atoms with E-state index < -0.39 is 0 Å². The van der Waals surface area contributed by atoms with E-state index >= 15 is 0 Å². The number of amides is 2. The lowest BCUT2D eigenvalue weighted by Gasteiger charge is -2.46. The highest BCUT2D eigenvalue weighted by molar-refractivity contribution is 5.94. The van der Waals surface area contributed by atoms with Gasteiger partial charge >= 0.3 is 0 Å². The van der Waals surface area contributed by atoms with E-state index in [9.17, 15) is 14.0 Å². The summed E-state index contributed by atoms with van der Waals surface area (Å²) in [5.41, 5.74) is 1.44. The number of benzene rings is 1. The van der Waals surface area contributed by atoms with E-state index in [1.54, 1.807) is 42.7 Å². The molecule has 0 N–H and O–H groups in total. The summed E-state index contributed by atoms with van der Waals surface area (Å²) >= 11 is 0. The molecular weight excluding hydrogens is 311 g/mol. The van der Waals surface area contributed by atoms with Crippen LogP contribution in [0, 0.1) is 19.7 Å². The van der Waals surface area contributed by atoms with Crippen LogP contribution in [0.3, 0.4) is 0 Å². The predicted molar refractivity (Wildman–Crippen MR) is 87.3 cm³/mol. The zero-order chi connectivity index (χ0) is 17.4. The van der Waals surface area contributed by atoms with Gasteiger partial charge in [0.2, 0.25) is 5.91 Å². The van der Waals surface area contributed by atoms with Crippen LogP contribution in [0.15, 0.2) is 12.1 Å². The molecule has 0 aromatic heterocycles. The molecule has 5 nitrogen and oxygen atoms in total. The van der Waals surface area contributed by atoms with Crippen molar-refractivity contribution in [2.45, 2.75) is 39.3 Å². The molecule has 2 amide bonds. The highest BCUT2D eigenvalue weighted by atomic mass is 19.1. The van der Waals surface area contributed by atoms with Crippen molar-refractivity contribution in [1.29, 1.82) is 0 Å². The number of hydrogen-bond acceptors (Lipinski definition) is 3. The first-order chi connectivity index (χ1) is 11.4. The Morgan fingerprint density at radius 3 is 2.50 bits per heavy atom. The van der Waals surface area contributed by atoms with E-state index in [4.69, 9.17) is 4.74 Å². The molecule has 6 heteroatoms. The Balaban J connectivity index is 1.80. The van der Waals surface area contributed by atoms with E-state index in [2.05, 4.69) is 0 Å². The molecule has 3 rings (SSSR count). The number of halogens is 1. The maximum atomic E-state index is 13.8. The van der Waals surface area contributed by atoms with Crippen molar-refractivity contribution < 1.29 is 18.7 Å². The highest BCUT2D eigenvalue weighted by Crippen LogP contribution is 2.25. The number of piperidine rings is 1. The van der Waals surface area contributed by atoms with Crippen molar-refractivity contribution in [2.24, 2.45) is 0 Å². The van der Waals surface area contributed by atoms with Crippen LogP contribution < -0.4 is 0 Å². The number of aryl methyl sites for hydroxylation is 2. The smallest absolute Gasteiger partial charge is 0.253 e. The number of hydrogen-bond donors (Lipinski definition) is 0. The average molecular weight is 334 g/mol. The zero-order valence-electron chi connectivity index (χ0n) is 14.3. The summed E-state index contributed by atoms with van der Waals surface area (Å²) in [5.74, 6) is -0.376. The second kappa shape index (κ2) is 6.51. The van der Waals surface area contributed by atoms with Gasteiger partial charge in [0.25, 0.3) is 5.91 Å². The summed E-state index contributed by atoms with van der Waals surface area (Å²) in [6.07, 6.45) is 0.697. The van der Waals surface area contributed by atoms with Gasteiger partial charge in [-0.25, -0.2) is 4.39 Å². The van der Waals surface area contributed by atoms with Gasteiger partial charge in [0.05, 0.1) is 18.8 Å². The summed E-state index contributed by atoms with van der Waals surface area (Å²) in [7, 11) is 0. The maximum Gasteiger partial charge on any atom is 0.253 e. The maximum absolute atomic E-state index is 13.8. The summed E-state index contributed by atoms with van der Waals surface area (Å²) in [5, 5.41) is 0. The third kappa shape index (κ3) is 3.02. The summed E-state index contributed by atoms with van der Waals surface area (Å²) in [6, 6.07) is 3.09. The van der Waals surface area contributed by atoms with Gasteiger partial charge in [-0.15, -0.1) is 0 Å². The van der Waals surface area contributed by atoms with E-state index in [-0.39, 0.29) is 29.8 Å². The standard InChI is InChI=1S/C18H23FN2O3/c1-11-8-14(9-12(2)17(11)19)18(23)20-5-4-16-15(10-20)21(13(3)22)6-7-24-16/h8-9,15-16H,4-7,10H2,1-3H3. The molecular formula is C18H23FN2O3. The molecule has 24 heavy (non-hydrogen) atoms. The predicted octanol–water partition coefficient (Wildman–Crippen LogP) is 1.90. The number of morpholine rings is 1. The molecule has 2 heterocycles. The Bertz CT molecular complexity index is 653. The van der Waals surface area contributed by atoms with Crippen LogP contribution in [0.1, 0.15) is 34.8 Å². The Morgan fingerprint density at radius 2 is 1.88 bits per heavy atom. The Labute approximate surface area is 141 Å². The largest absolute Gasteiger partial charge is 0.374 e. The van der Waals surface area contributed by atoms with Gasteiger partial charge in [-0.1, -0.05) is 0 Å². The minimum atomic E-state index is -0.270. The molecule has 2 aliphatic rings. The molecule has 2 atom stereocenters. The van der Waals surface area contributed by atoms with Gasteiger partial charge in [0.15, 0.2) is 0 Å². The van der Waals surface area contributed by atoms with E-state index in [0.717, 1.165) is 0 Å². The first-order valence-corrected chi connectivity index (χ1v) is 8.33. The molecule has 0 radical (unpaired) electrons. The first-order valence-electron chi connectivity index (χ1n) is 8.33. The molecule has 2 saturated heterocycles. The lowest BCUT2D eigenvalue weighted by Crippen LogP contribution is -2.61. The van der Waals surface area contributed by atoms with Crippen LogP contribution in [0.25, 0.3) is 0 Å². The van der Waals surface area contributed by atoms with Crippen molar-refractivity contribution in [3.8, 4) is 0 Å². The van der Waals surface area contributed by atoms with Gasteiger partial charge in [-0.2, -0.15) is 0 Å². The number of likely N-dealkylation sites (tertiary alicyclic amines) is 1. The van der Waals surface area contributed by atoms with Crippen LogP contribution in [0.5, 0.6) is 0 Å². The van der Waals surface area contributed by atoms with E-state index in [1.165, 1.54) is 0 Å². The van der Waals surface area contributed by atoms with Crippen molar-refractivity contribution in [3.05, 3.63) is 34.6 Å². The number of fused-ring (bicyclic) bond motifs is 1. The van der Waals surface area contributed by atoms with Gasteiger partial charge in [0.1, 0.15) is 5.82 Å². The molecule has 1 aromatic carbocycles.